The number of carbonyl (C=O) groups is 1. The monoisotopic (exact) mass is 245 g/mol. The normalized spacial score (nSPS) is 10.1. The zero-order chi connectivity index (χ0) is 13.1. The zero-order valence-electron chi connectivity index (χ0n) is 9.85. The van der Waals surface area contributed by atoms with Crippen molar-refractivity contribution in [1.29, 1.82) is 0 Å². The highest BCUT2D eigenvalue weighted by atomic mass is 19.1. The van der Waals surface area contributed by atoms with E-state index >= 15 is 0 Å². The minimum atomic E-state index is -0.347. The molecule has 2 rings (SSSR count). The molecule has 5 heteroatoms. The fourth-order valence-corrected chi connectivity index (χ4v) is 1.61. The van der Waals surface area contributed by atoms with E-state index in [-0.39, 0.29) is 11.7 Å². The van der Waals surface area contributed by atoms with Crippen LogP contribution in [0.3, 0.4) is 0 Å². The average Bonchev–Trinajstić information content (AvgIpc) is 2.73. The van der Waals surface area contributed by atoms with Gasteiger partial charge >= 0.3 is 0 Å². The summed E-state index contributed by atoms with van der Waals surface area (Å²) in [5, 5.41) is 6.66. The van der Waals surface area contributed by atoms with E-state index in [2.05, 4.69) is 17.0 Å². The molecular weight excluding hydrogens is 233 g/mol. The highest BCUT2D eigenvalue weighted by Gasteiger charge is 2.14. The van der Waals surface area contributed by atoms with Gasteiger partial charge in [-0.15, -0.1) is 0 Å². The Labute approximate surface area is 104 Å². The molecule has 0 spiro atoms. The van der Waals surface area contributed by atoms with Crippen molar-refractivity contribution < 1.29 is 9.18 Å². The van der Waals surface area contributed by atoms with Crippen molar-refractivity contribution in [2.24, 2.45) is 7.05 Å². The number of halogens is 1. The Morgan fingerprint density at radius 3 is 2.72 bits per heavy atom. The lowest BCUT2D eigenvalue weighted by atomic mass is 10.2. The minimum absolute atomic E-state index is 0.309. The Hall–Kier alpha value is -2.43. The van der Waals surface area contributed by atoms with Gasteiger partial charge in [-0.05, 0) is 24.3 Å². The van der Waals surface area contributed by atoms with E-state index in [1.165, 1.54) is 28.9 Å². The second-order valence-electron chi connectivity index (χ2n) is 3.74. The van der Waals surface area contributed by atoms with Crippen LogP contribution in [-0.4, -0.2) is 15.7 Å². The average molecular weight is 245 g/mol. The Kier molecular flexibility index (Phi) is 3.23. The van der Waals surface area contributed by atoms with Crippen LogP contribution in [-0.2, 0) is 7.05 Å². The summed E-state index contributed by atoms with van der Waals surface area (Å²) in [5.74, 6) is -0.656. The quantitative estimate of drug-likeness (QED) is 0.902. The lowest BCUT2D eigenvalue weighted by Gasteiger charge is -2.06. The summed E-state index contributed by atoms with van der Waals surface area (Å²) >= 11 is 0. The highest BCUT2D eigenvalue weighted by Crippen LogP contribution is 2.13. The van der Waals surface area contributed by atoms with Crippen LogP contribution in [0.5, 0.6) is 0 Å². The van der Waals surface area contributed by atoms with Gasteiger partial charge in [0.15, 0.2) is 0 Å². The van der Waals surface area contributed by atoms with E-state index in [0.29, 0.717) is 16.9 Å². The molecule has 0 radical (unpaired) electrons. The molecule has 18 heavy (non-hydrogen) atoms. The third kappa shape index (κ3) is 2.29. The summed E-state index contributed by atoms with van der Waals surface area (Å²) in [7, 11) is 1.67. The van der Waals surface area contributed by atoms with Gasteiger partial charge in [-0.1, -0.05) is 12.7 Å². The number of hydrogen-bond acceptors (Lipinski definition) is 2. The number of benzene rings is 1. The largest absolute Gasteiger partial charge is 0.321 e. The second kappa shape index (κ2) is 4.83. The first-order chi connectivity index (χ1) is 8.61. The standard InChI is InChI=1S/C13H12FN3O/c1-3-9-8-15-17(2)12(9)13(18)16-11-6-4-10(14)5-7-11/h3-8H,1H2,2H3,(H,16,18). The molecule has 1 aromatic heterocycles. The topological polar surface area (TPSA) is 46.9 Å². The van der Waals surface area contributed by atoms with E-state index in [1.807, 2.05) is 0 Å². The molecule has 1 aromatic carbocycles. The number of rotatable bonds is 3. The predicted octanol–water partition coefficient (Wildman–Crippen LogP) is 2.45. The lowest BCUT2D eigenvalue weighted by Crippen LogP contribution is -2.17. The lowest BCUT2D eigenvalue weighted by molar-refractivity contribution is 0.101. The highest BCUT2D eigenvalue weighted by molar-refractivity contribution is 6.05. The van der Waals surface area contributed by atoms with Crippen LogP contribution < -0.4 is 5.32 Å². The fraction of sp³-hybridized carbons (Fsp3) is 0.0769. The molecule has 1 heterocycles. The third-order valence-corrected chi connectivity index (χ3v) is 2.50. The molecule has 0 unspecified atom stereocenters. The maximum Gasteiger partial charge on any atom is 0.274 e. The molecule has 0 bridgehead atoms. The molecule has 0 saturated heterocycles. The maximum atomic E-state index is 12.7. The second-order valence-corrected chi connectivity index (χ2v) is 3.74. The van der Waals surface area contributed by atoms with Gasteiger partial charge in [0.1, 0.15) is 11.5 Å². The van der Waals surface area contributed by atoms with E-state index in [9.17, 15) is 9.18 Å². The smallest absolute Gasteiger partial charge is 0.274 e. The zero-order valence-corrected chi connectivity index (χ0v) is 9.85. The first-order valence-electron chi connectivity index (χ1n) is 5.33. The third-order valence-electron chi connectivity index (χ3n) is 2.50. The van der Waals surface area contributed by atoms with Gasteiger partial charge in [0, 0.05) is 18.3 Å². The summed E-state index contributed by atoms with van der Waals surface area (Å²) in [6.07, 6.45) is 3.12. The van der Waals surface area contributed by atoms with Gasteiger partial charge in [-0.2, -0.15) is 5.10 Å². The van der Waals surface area contributed by atoms with Gasteiger partial charge in [0.2, 0.25) is 0 Å². The van der Waals surface area contributed by atoms with Gasteiger partial charge in [0.05, 0.1) is 6.20 Å². The molecule has 4 nitrogen and oxygen atoms in total. The van der Waals surface area contributed by atoms with E-state index in [1.54, 1.807) is 19.3 Å². The Morgan fingerprint density at radius 1 is 1.44 bits per heavy atom. The molecule has 1 N–H and O–H groups in total. The van der Waals surface area contributed by atoms with Crippen molar-refractivity contribution in [3.63, 3.8) is 0 Å². The van der Waals surface area contributed by atoms with Crippen molar-refractivity contribution in [1.82, 2.24) is 9.78 Å². The predicted molar refractivity (Wildman–Crippen MR) is 67.7 cm³/mol. The number of aromatic nitrogens is 2. The molecule has 0 saturated carbocycles. The molecule has 2 aromatic rings. The fourth-order valence-electron chi connectivity index (χ4n) is 1.61. The number of nitrogens with zero attached hydrogens (tertiary/aromatic N) is 2. The molecular formula is C13H12FN3O. The van der Waals surface area contributed by atoms with Crippen molar-refractivity contribution in [3.8, 4) is 0 Å². The SMILES string of the molecule is C=Cc1cnn(C)c1C(=O)Nc1ccc(F)cc1. The maximum absolute atomic E-state index is 12.7. The van der Waals surface area contributed by atoms with Gasteiger partial charge in [0.25, 0.3) is 5.91 Å². The van der Waals surface area contributed by atoms with Crippen molar-refractivity contribution in [3.05, 3.63) is 54.1 Å². The molecule has 0 aliphatic heterocycles. The van der Waals surface area contributed by atoms with Gasteiger partial charge in [-0.25, -0.2) is 4.39 Å². The Balaban J connectivity index is 2.24. The van der Waals surface area contributed by atoms with Crippen molar-refractivity contribution in [2.45, 2.75) is 0 Å². The number of aryl methyl sites for hydroxylation is 1. The number of carbonyl (C=O) groups excluding carboxylic acids is 1. The number of anilines is 1. The molecule has 1 amide bonds. The van der Waals surface area contributed by atoms with Crippen LogP contribution in [0.4, 0.5) is 10.1 Å². The van der Waals surface area contributed by atoms with Gasteiger partial charge in [-0.3, -0.25) is 9.48 Å². The molecule has 92 valence electrons. The molecule has 0 atom stereocenters. The number of amides is 1. The van der Waals surface area contributed by atoms with Crippen molar-refractivity contribution >= 4 is 17.7 Å². The summed E-state index contributed by atoms with van der Waals surface area (Å²) in [6, 6.07) is 5.56. The minimum Gasteiger partial charge on any atom is -0.321 e. The van der Waals surface area contributed by atoms with Crippen LogP contribution in [0.25, 0.3) is 6.08 Å². The first kappa shape index (κ1) is 12.0. The molecule has 0 aliphatic rings. The summed E-state index contributed by atoms with van der Waals surface area (Å²) in [5.41, 5.74) is 1.59. The van der Waals surface area contributed by atoms with E-state index in [4.69, 9.17) is 0 Å². The van der Waals surface area contributed by atoms with Crippen LogP contribution in [0, 0.1) is 5.82 Å². The molecule has 0 fully saturated rings. The van der Waals surface area contributed by atoms with Crippen LogP contribution >= 0.6 is 0 Å². The number of nitrogens with one attached hydrogen (secondary N) is 1. The number of hydrogen-bond donors (Lipinski definition) is 1. The summed E-state index contributed by atoms with van der Waals surface area (Å²) in [4.78, 5) is 12.0. The first-order valence-corrected chi connectivity index (χ1v) is 5.33. The van der Waals surface area contributed by atoms with Crippen LogP contribution in [0.1, 0.15) is 16.1 Å². The Bertz CT molecular complexity index is 587. The summed E-state index contributed by atoms with van der Waals surface area (Å²) in [6.45, 7) is 3.62. The van der Waals surface area contributed by atoms with Crippen molar-refractivity contribution in [2.75, 3.05) is 5.32 Å². The van der Waals surface area contributed by atoms with E-state index < -0.39 is 0 Å². The van der Waals surface area contributed by atoms with Gasteiger partial charge < -0.3 is 5.32 Å². The van der Waals surface area contributed by atoms with Crippen LogP contribution in [0.2, 0.25) is 0 Å². The summed E-state index contributed by atoms with van der Waals surface area (Å²) < 4.78 is 14.2. The van der Waals surface area contributed by atoms with Crippen LogP contribution in [0.15, 0.2) is 37.0 Å². The molecule has 0 aliphatic carbocycles. The van der Waals surface area contributed by atoms with E-state index in [0.717, 1.165) is 0 Å². The Morgan fingerprint density at radius 2 is 2.11 bits per heavy atom.